The zero-order valence-electron chi connectivity index (χ0n) is 27.0. The van der Waals surface area contributed by atoms with Gasteiger partial charge < -0.3 is 15.7 Å². The van der Waals surface area contributed by atoms with Crippen LogP contribution in [0.4, 0.5) is 46.0 Å². The molecule has 6 N–H and O–H groups in total. The Morgan fingerprint density at radius 2 is 1.27 bits per heavy atom. The maximum Gasteiger partial charge on any atom is 0.303 e. The highest BCUT2D eigenvalue weighted by molar-refractivity contribution is 7.87. The van der Waals surface area contributed by atoms with Crippen LogP contribution in [0.5, 0.6) is 5.75 Å². The molecule has 288 valence electrons. The molecule has 0 spiro atoms. The van der Waals surface area contributed by atoms with Crippen molar-refractivity contribution in [1.82, 2.24) is 15.0 Å². The standard InChI is InChI=1S/C29H18ClN9O14S3/c30-27-33-28(31-15-3-5-19-14(7-15)8-18(54(45,46)47)12-23(19)55(48,49)50)35-29(34-27)32-16-2-1-13-9-24(56(51,52)53)25(26(40)20(13)10-16)37-36-21-6-4-17(38(41)42)11-22(21)39(43)44/h1-12,40H,(H,45,46,47)(H,48,49,50)(H,51,52,53)(H2,31,32,33,34,35). The van der Waals surface area contributed by atoms with Gasteiger partial charge in [-0.1, -0.05) is 12.1 Å². The van der Waals surface area contributed by atoms with Gasteiger partial charge in [-0.3, -0.25) is 33.9 Å². The smallest absolute Gasteiger partial charge is 0.303 e. The molecule has 0 aliphatic carbocycles. The summed E-state index contributed by atoms with van der Waals surface area (Å²) in [5.74, 6) is -1.29. The van der Waals surface area contributed by atoms with Gasteiger partial charge in [0.1, 0.15) is 15.5 Å². The van der Waals surface area contributed by atoms with Crippen molar-refractivity contribution in [3.05, 3.63) is 98.3 Å². The first-order valence-corrected chi connectivity index (χ1v) is 19.4. The Morgan fingerprint density at radius 1 is 0.643 bits per heavy atom. The molecule has 0 atom stereocenters. The Morgan fingerprint density at radius 3 is 1.86 bits per heavy atom. The van der Waals surface area contributed by atoms with Gasteiger partial charge in [0, 0.05) is 28.2 Å². The van der Waals surface area contributed by atoms with Crippen molar-refractivity contribution in [2.24, 2.45) is 10.2 Å². The van der Waals surface area contributed by atoms with E-state index >= 15 is 0 Å². The number of hydrogen-bond acceptors (Lipinski definition) is 18. The van der Waals surface area contributed by atoms with Crippen molar-refractivity contribution in [1.29, 1.82) is 0 Å². The topological polar surface area (TPSA) is 357 Å². The molecule has 6 aromatic rings. The van der Waals surface area contributed by atoms with E-state index in [0.29, 0.717) is 12.1 Å². The monoisotopic (exact) mass is 847 g/mol. The summed E-state index contributed by atoms with van der Waals surface area (Å²) in [7, 11) is -14.9. The second-order valence-electron chi connectivity index (χ2n) is 11.2. The van der Waals surface area contributed by atoms with Crippen LogP contribution >= 0.6 is 11.6 Å². The summed E-state index contributed by atoms with van der Waals surface area (Å²) in [6, 6.07) is 12.6. The van der Waals surface area contributed by atoms with Crippen molar-refractivity contribution in [2.45, 2.75) is 14.7 Å². The van der Waals surface area contributed by atoms with Gasteiger partial charge in [-0.2, -0.15) is 40.2 Å². The Balaban J connectivity index is 1.35. The maximum absolute atomic E-state index is 12.3. The number of nitrogens with zero attached hydrogens (tertiary/aromatic N) is 7. The molecule has 1 aromatic heterocycles. The van der Waals surface area contributed by atoms with Crippen LogP contribution in [0.3, 0.4) is 0 Å². The van der Waals surface area contributed by atoms with E-state index in [1.165, 1.54) is 36.4 Å². The molecule has 0 fully saturated rings. The average molecular weight is 848 g/mol. The number of azo groups is 1. The molecular weight excluding hydrogens is 830 g/mol. The number of aromatic hydroxyl groups is 1. The van der Waals surface area contributed by atoms with Gasteiger partial charge in [-0.05, 0) is 70.9 Å². The summed E-state index contributed by atoms with van der Waals surface area (Å²) in [4.78, 5) is 30.3. The van der Waals surface area contributed by atoms with E-state index in [1.54, 1.807) is 0 Å². The van der Waals surface area contributed by atoms with Gasteiger partial charge >= 0.3 is 5.69 Å². The molecular formula is C29H18ClN9O14S3. The molecule has 0 unspecified atom stereocenters. The van der Waals surface area contributed by atoms with Gasteiger partial charge in [0.2, 0.25) is 17.2 Å². The lowest BCUT2D eigenvalue weighted by Crippen LogP contribution is -2.05. The number of phenols is 1. The minimum atomic E-state index is -5.10. The van der Waals surface area contributed by atoms with Crippen LogP contribution in [-0.4, -0.2) is 68.8 Å². The third kappa shape index (κ3) is 8.24. The Hall–Kier alpha value is -6.55. The summed E-state index contributed by atoms with van der Waals surface area (Å²) < 4.78 is 101. The SMILES string of the molecule is O=[N+]([O-])c1ccc(N=Nc2c(S(=O)(=O)O)cc3ccc(Nc4nc(Cl)nc(Nc5ccc6c(S(=O)(=O)O)cc(S(=O)(=O)O)cc6c5)n4)cc3c2O)c([N+](=O)[O-])c1. The number of hydrogen-bond donors (Lipinski definition) is 6. The second kappa shape index (κ2) is 14.3. The quantitative estimate of drug-likeness (QED) is 0.0377. The molecule has 5 aromatic carbocycles. The Labute approximate surface area is 316 Å². The van der Waals surface area contributed by atoms with Gasteiger partial charge in [0.15, 0.2) is 11.4 Å². The normalized spacial score (nSPS) is 12.3. The second-order valence-corrected chi connectivity index (χ2v) is 15.7. The molecule has 0 amide bonds. The lowest BCUT2D eigenvalue weighted by Gasteiger charge is -2.12. The number of halogens is 1. The molecule has 0 aliphatic heterocycles. The lowest BCUT2D eigenvalue weighted by molar-refractivity contribution is -0.393. The summed E-state index contributed by atoms with van der Waals surface area (Å²) >= 11 is 6.11. The number of nitro groups is 2. The van der Waals surface area contributed by atoms with Crippen LogP contribution in [0.1, 0.15) is 0 Å². The molecule has 0 aliphatic rings. The summed E-state index contributed by atoms with van der Waals surface area (Å²) in [6.07, 6.45) is 0. The summed E-state index contributed by atoms with van der Waals surface area (Å²) in [5, 5.41) is 46.0. The van der Waals surface area contributed by atoms with E-state index in [9.17, 15) is 64.2 Å². The summed E-state index contributed by atoms with van der Waals surface area (Å²) in [6.45, 7) is 0. The fourth-order valence-corrected chi connectivity index (χ4v) is 7.32. The minimum Gasteiger partial charge on any atom is -0.505 e. The largest absolute Gasteiger partial charge is 0.505 e. The van der Waals surface area contributed by atoms with Gasteiger partial charge in [0.25, 0.3) is 36.0 Å². The highest BCUT2D eigenvalue weighted by atomic mass is 35.5. The number of nitrogens with one attached hydrogen (secondary N) is 2. The number of benzene rings is 5. The number of phenolic OH excluding ortho intramolecular Hbond substituents is 1. The van der Waals surface area contributed by atoms with E-state index in [2.05, 4.69) is 35.8 Å². The first kappa shape index (κ1) is 39.2. The predicted molar refractivity (Wildman–Crippen MR) is 194 cm³/mol. The fraction of sp³-hybridized carbons (Fsp3) is 0. The number of rotatable bonds is 11. The number of non-ortho nitro benzene ring substituents is 1. The number of nitro benzene ring substituents is 2. The third-order valence-corrected chi connectivity index (χ3v) is 10.3. The minimum absolute atomic E-state index is 0.0441. The van der Waals surface area contributed by atoms with E-state index < -0.39 is 83.4 Å². The number of fused-ring (bicyclic) bond motifs is 2. The van der Waals surface area contributed by atoms with Gasteiger partial charge in [-0.15, -0.1) is 10.2 Å². The van der Waals surface area contributed by atoms with Crippen molar-refractivity contribution in [3.63, 3.8) is 0 Å². The maximum atomic E-state index is 12.3. The highest BCUT2D eigenvalue weighted by Crippen LogP contribution is 2.43. The Kier molecular flexibility index (Phi) is 9.97. The Bertz CT molecular complexity index is 3060. The van der Waals surface area contributed by atoms with Gasteiger partial charge in [0.05, 0.1) is 20.8 Å². The molecule has 0 bridgehead atoms. The zero-order valence-corrected chi connectivity index (χ0v) is 30.2. The van der Waals surface area contributed by atoms with Gasteiger partial charge in [-0.25, -0.2) is 0 Å². The van der Waals surface area contributed by atoms with Crippen LogP contribution in [0.15, 0.2) is 97.7 Å². The van der Waals surface area contributed by atoms with E-state index in [4.69, 9.17) is 11.6 Å². The van der Waals surface area contributed by atoms with Crippen LogP contribution in [0.25, 0.3) is 21.5 Å². The molecule has 1 heterocycles. The number of aromatic nitrogens is 3. The molecule has 0 saturated heterocycles. The van der Waals surface area contributed by atoms with Crippen LogP contribution in [0, 0.1) is 20.2 Å². The number of anilines is 4. The highest BCUT2D eigenvalue weighted by Gasteiger charge is 2.25. The molecule has 6 rings (SSSR count). The van der Waals surface area contributed by atoms with Crippen molar-refractivity contribution < 1.29 is 53.9 Å². The fourth-order valence-electron chi connectivity index (χ4n) is 5.14. The molecule has 0 radical (unpaired) electrons. The van der Waals surface area contributed by atoms with Crippen molar-refractivity contribution >= 4 is 110 Å². The van der Waals surface area contributed by atoms with Crippen LogP contribution < -0.4 is 10.6 Å². The van der Waals surface area contributed by atoms with Crippen LogP contribution in [0.2, 0.25) is 5.28 Å². The average Bonchev–Trinajstić information content (AvgIpc) is 3.09. The molecule has 27 heteroatoms. The third-order valence-electron chi connectivity index (χ3n) is 7.54. The van der Waals surface area contributed by atoms with E-state index in [-0.39, 0.29) is 50.1 Å². The lowest BCUT2D eigenvalue weighted by atomic mass is 10.1. The molecule has 56 heavy (non-hydrogen) atoms. The van der Waals surface area contributed by atoms with Crippen molar-refractivity contribution in [2.75, 3.05) is 10.6 Å². The summed E-state index contributed by atoms with van der Waals surface area (Å²) in [5.41, 5.74) is -2.63. The first-order chi connectivity index (χ1) is 26.1. The first-order valence-electron chi connectivity index (χ1n) is 14.7. The van der Waals surface area contributed by atoms with Crippen LogP contribution in [-0.2, 0) is 30.4 Å². The van der Waals surface area contributed by atoms with E-state index in [0.717, 1.165) is 24.3 Å². The zero-order chi connectivity index (χ0) is 40.9. The van der Waals surface area contributed by atoms with E-state index in [1.807, 2.05) is 0 Å². The molecule has 0 saturated carbocycles. The predicted octanol–water partition coefficient (Wildman–Crippen LogP) is 6.00. The molecule has 23 nitrogen and oxygen atoms in total. The van der Waals surface area contributed by atoms with Crippen molar-refractivity contribution in [3.8, 4) is 5.75 Å².